The summed E-state index contributed by atoms with van der Waals surface area (Å²) in [6.45, 7) is 1.30. The average Bonchev–Trinajstić information content (AvgIpc) is 2.23. The van der Waals surface area contributed by atoms with Gasteiger partial charge in [-0.05, 0) is 25.1 Å². The molecule has 0 saturated heterocycles. The fourth-order valence-electron chi connectivity index (χ4n) is 1.35. The van der Waals surface area contributed by atoms with Crippen molar-refractivity contribution in [1.82, 2.24) is 0 Å². The van der Waals surface area contributed by atoms with Gasteiger partial charge >= 0.3 is 6.18 Å². The van der Waals surface area contributed by atoms with Crippen molar-refractivity contribution in [2.24, 2.45) is 5.14 Å². The number of aliphatic hydroxyl groups is 1. The number of nitrogens with two attached hydrogens (primary N) is 1. The molecule has 4 N–H and O–H groups in total. The van der Waals surface area contributed by atoms with Gasteiger partial charge in [0.1, 0.15) is 0 Å². The van der Waals surface area contributed by atoms with Crippen molar-refractivity contribution >= 4 is 15.7 Å². The lowest BCUT2D eigenvalue weighted by atomic mass is 10.1. The Bertz CT molecular complexity index is 556. The van der Waals surface area contributed by atoms with Crippen LogP contribution in [0.3, 0.4) is 0 Å². The second kappa shape index (κ2) is 5.35. The molecule has 9 heteroatoms. The minimum Gasteiger partial charge on any atom is -0.392 e. The molecule has 108 valence electrons. The maximum absolute atomic E-state index is 12.8. The van der Waals surface area contributed by atoms with E-state index in [1.54, 1.807) is 0 Å². The monoisotopic (exact) mass is 298 g/mol. The number of benzene rings is 1. The lowest BCUT2D eigenvalue weighted by Gasteiger charge is -2.16. The molecule has 0 bridgehead atoms. The molecule has 0 spiro atoms. The molecule has 0 radical (unpaired) electrons. The van der Waals surface area contributed by atoms with Gasteiger partial charge in [-0.15, -0.1) is 0 Å². The van der Waals surface area contributed by atoms with Gasteiger partial charge in [0.25, 0.3) is 0 Å². The van der Waals surface area contributed by atoms with Crippen LogP contribution in [-0.4, -0.2) is 26.2 Å². The number of hydrogen-bond donors (Lipinski definition) is 3. The van der Waals surface area contributed by atoms with Crippen LogP contribution in [0.5, 0.6) is 0 Å². The van der Waals surface area contributed by atoms with Crippen molar-refractivity contribution in [3.8, 4) is 0 Å². The summed E-state index contributed by atoms with van der Waals surface area (Å²) in [6, 6.07) is 2.39. The molecule has 0 aliphatic rings. The SMILES string of the molecule is C[C@H](O)CNc1ccc(S(N)(=O)=O)cc1C(F)(F)F. The number of halogens is 3. The zero-order chi connectivity index (χ0) is 14.8. The van der Waals surface area contributed by atoms with Crippen LogP contribution in [0.1, 0.15) is 12.5 Å². The minimum atomic E-state index is -4.73. The molecular formula is C10H13F3N2O3S. The van der Waals surface area contributed by atoms with E-state index in [2.05, 4.69) is 5.32 Å². The van der Waals surface area contributed by atoms with Crippen LogP contribution in [0, 0.1) is 0 Å². The molecular weight excluding hydrogens is 285 g/mol. The molecule has 0 aliphatic carbocycles. The van der Waals surface area contributed by atoms with E-state index in [1.165, 1.54) is 6.92 Å². The topological polar surface area (TPSA) is 92.4 Å². The second-order valence-corrected chi connectivity index (χ2v) is 5.54. The third kappa shape index (κ3) is 4.37. The first kappa shape index (κ1) is 15.7. The van der Waals surface area contributed by atoms with Gasteiger partial charge in [-0.3, -0.25) is 0 Å². The largest absolute Gasteiger partial charge is 0.418 e. The van der Waals surface area contributed by atoms with Crippen LogP contribution < -0.4 is 10.5 Å². The van der Waals surface area contributed by atoms with E-state index < -0.39 is 32.8 Å². The van der Waals surface area contributed by atoms with Crippen molar-refractivity contribution < 1.29 is 26.7 Å². The first-order valence-electron chi connectivity index (χ1n) is 5.18. The molecule has 0 aliphatic heterocycles. The zero-order valence-electron chi connectivity index (χ0n) is 9.90. The molecule has 0 saturated carbocycles. The lowest BCUT2D eigenvalue weighted by molar-refractivity contribution is -0.137. The number of anilines is 1. The van der Waals surface area contributed by atoms with Crippen molar-refractivity contribution in [1.29, 1.82) is 0 Å². The van der Waals surface area contributed by atoms with Crippen LogP contribution in [0.2, 0.25) is 0 Å². The summed E-state index contributed by atoms with van der Waals surface area (Å²) in [5.41, 5.74) is -1.47. The highest BCUT2D eigenvalue weighted by atomic mass is 32.2. The predicted octanol–water partition coefficient (Wildman–Crippen LogP) is 1.15. The fourth-order valence-corrected chi connectivity index (χ4v) is 1.89. The summed E-state index contributed by atoms with van der Waals surface area (Å²) in [5.74, 6) is 0. The van der Waals surface area contributed by atoms with Crippen molar-refractivity contribution in [2.75, 3.05) is 11.9 Å². The minimum absolute atomic E-state index is 0.0994. The van der Waals surface area contributed by atoms with E-state index in [0.29, 0.717) is 6.07 Å². The summed E-state index contributed by atoms with van der Waals surface area (Å²) >= 11 is 0. The van der Waals surface area contributed by atoms with E-state index >= 15 is 0 Å². The average molecular weight is 298 g/mol. The van der Waals surface area contributed by atoms with E-state index in [9.17, 15) is 21.6 Å². The Morgan fingerprint density at radius 2 is 2.00 bits per heavy atom. The van der Waals surface area contributed by atoms with Crippen LogP contribution in [0.25, 0.3) is 0 Å². The third-order valence-electron chi connectivity index (χ3n) is 2.21. The first-order valence-corrected chi connectivity index (χ1v) is 6.72. The molecule has 1 rings (SSSR count). The number of sulfonamides is 1. The Labute approximate surface area is 108 Å². The second-order valence-electron chi connectivity index (χ2n) is 3.98. The predicted molar refractivity (Wildman–Crippen MR) is 63.0 cm³/mol. The van der Waals surface area contributed by atoms with Crippen LogP contribution >= 0.6 is 0 Å². The highest BCUT2D eigenvalue weighted by Crippen LogP contribution is 2.36. The van der Waals surface area contributed by atoms with Crippen LogP contribution in [0.15, 0.2) is 23.1 Å². The van der Waals surface area contributed by atoms with Gasteiger partial charge in [-0.25, -0.2) is 13.6 Å². The van der Waals surface area contributed by atoms with E-state index in [0.717, 1.165) is 12.1 Å². The third-order valence-corrected chi connectivity index (χ3v) is 3.12. The molecule has 0 aromatic heterocycles. The first-order chi connectivity index (χ1) is 8.51. The van der Waals surface area contributed by atoms with Gasteiger partial charge in [-0.1, -0.05) is 0 Å². The summed E-state index contributed by atoms with van der Waals surface area (Å²) in [6.07, 6.45) is -5.58. The van der Waals surface area contributed by atoms with Crippen molar-refractivity contribution in [3.05, 3.63) is 23.8 Å². The summed E-state index contributed by atoms with van der Waals surface area (Å²) in [4.78, 5) is -0.623. The number of nitrogens with one attached hydrogen (secondary N) is 1. The highest BCUT2D eigenvalue weighted by molar-refractivity contribution is 7.89. The van der Waals surface area contributed by atoms with E-state index in [4.69, 9.17) is 10.2 Å². The quantitative estimate of drug-likeness (QED) is 0.777. The Balaban J connectivity index is 3.26. The van der Waals surface area contributed by atoms with Gasteiger partial charge in [0.05, 0.1) is 16.6 Å². The summed E-state index contributed by atoms with van der Waals surface area (Å²) < 4.78 is 60.5. The van der Waals surface area contributed by atoms with Gasteiger partial charge in [0.2, 0.25) is 10.0 Å². The normalized spacial score (nSPS) is 14.2. The van der Waals surface area contributed by atoms with E-state index in [1.807, 2.05) is 0 Å². The van der Waals surface area contributed by atoms with Crippen molar-refractivity contribution in [2.45, 2.75) is 24.1 Å². The van der Waals surface area contributed by atoms with Crippen molar-refractivity contribution in [3.63, 3.8) is 0 Å². The molecule has 1 aromatic carbocycles. The maximum atomic E-state index is 12.8. The van der Waals surface area contributed by atoms with Gasteiger partial charge in [0, 0.05) is 12.2 Å². The van der Waals surface area contributed by atoms with Crippen LogP contribution in [0.4, 0.5) is 18.9 Å². The Morgan fingerprint density at radius 1 is 1.42 bits per heavy atom. The molecule has 1 aromatic rings. The highest BCUT2D eigenvalue weighted by Gasteiger charge is 2.34. The number of alkyl halides is 3. The molecule has 19 heavy (non-hydrogen) atoms. The number of primary sulfonamides is 1. The lowest BCUT2D eigenvalue weighted by Crippen LogP contribution is -2.19. The number of aliphatic hydroxyl groups excluding tert-OH is 1. The number of rotatable bonds is 4. The molecule has 5 nitrogen and oxygen atoms in total. The Morgan fingerprint density at radius 3 is 2.42 bits per heavy atom. The smallest absolute Gasteiger partial charge is 0.392 e. The standard InChI is InChI=1S/C10H13F3N2O3S/c1-6(16)5-15-9-3-2-7(19(14,17)18)4-8(9)10(11,12)13/h2-4,6,15-16H,5H2,1H3,(H2,14,17,18)/t6-/m0/s1. The Hall–Kier alpha value is -1.32. The van der Waals surface area contributed by atoms with E-state index in [-0.39, 0.29) is 12.2 Å². The molecule has 0 fully saturated rings. The summed E-state index contributed by atoms with van der Waals surface area (Å²) in [7, 11) is -4.21. The maximum Gasteiger partial charge on any atom is 0.418 e. The zero-order valence-corrected chi connectivity index (χ0v) is 10.7. The molecule has 0 unspecified atom stereocenters. The van der Waals surface area contributed by atoms with Gasteiger partial charge in [-0.2, -0.15) is 13.2 Å². The van der Waals surface area contributed by atoms with Crippen LogP contribution in [-0.2, 0) is 16.2 Å². The Kier molecular flexibility index (Phi) is 4.43. The fraction of sp³-hybridized carbons (Fsp3) is 0.400. The molecule has 0 heterocycles. The molecule has 1 atom stereocenters. The summed E-state index contributed by atoms with van der Waals surface area (Å²) in [5, 5.41) is 16.2. The van der Waals surface area contributed by atoms with Gasteiger partial charge in [0.15, 0.2) is 0 Å². The molecule has 0 amide bonds. The van der Waals surface area contributed by atoms with Gasteiger partial charge < -0.3 is 10.4 Å². The number of hydrogen-bond acceptors (Lipinski definition) is 4.